The molecule has 66 heavy (non-hydrogen) atoms. The number of phenolic OH excluding ortho intramolecular Hbond substituents is 2. The molecule has 13 nitrogen and oxygen atoms in total. The third-order valence-electron chi connectivity index (χ3n) is 12.8. The van der Waals surface area contributed by atoms with Crippen molar-refractivity contribution < 1.29 is 52.2 Å². The normalized spacial score (nSPS) is 19.7. The number of hydrogen-bond donors (Lipinski definition) is 2. The molecule has 2 saturated heterocycles. The Kier molecular flexibility index (Phi) is 10.6. The maximum absolute atomic E-state index is 13.7. The number of benzene rings is 4. The van der Waals surface area contributed by atoms with Gasteiger partial charge in [0.25, 0.3) is 0 Å². The number of aromatic hydroxyl groups is 2. The molecule has 4 aliphatic rings. The quantitative estimate of drug-likeness (QED) is 0.131. The van der Waals surface area contributed by atoms with Crippen LogP contribution < -0.4 is 34.5 Å². The van der Waals surface area contributed by atoms with E-state index in [9.17, 15) is 19.8 Å². The minimum Gasteiger partial charge on any atom is -0.507 e. The monoisotopic (exact) mass is 898 g/mol. The number of fused-ring (bicyclic) bond motifs is 6. The largest absolute Gasteiger partial charge is 0.507 e. The van der Waals surface area contributed by atoms with E-state index in [1.165, 1.54) is 19.6 Å². The Morgan fingerprint density at radius 3 is 1.41 bits per heavy atom. The maximum Gasteiger partial charge on any atom is 0.204 e. The van der Waals surface area contributed by atoms with E-state index in [1.54, 1.807) is 56.7 Å². The lowest BCUT2D eigenvalue weighted by Gasteiger charge is -2.30. The molecule has 6 aromatic rings. The molecule has 0 bridgehead atoms. The lowest BCUT2D eigenvalue weighted by Crippen LogP contribution is -2.28. The first-order valence-electron chi connectivity index (χ1n) is 21.8. The SMILES string of the molecule is COc1ccc(-c2coc3c4c(c(CC5OC5(C)C)c(O)c3c2=O)OC(C)(C)C=C4)cc1.COc1ccc(-c2coc3c4c(c(CC5OC5(C)C)c(O)c3c2=O)OC(C)(C)C=C4)cc1OC. The van der Waals surface area contributed by atoms with E-state index in [0.29, 0.717) is 91.7 Å². The Balaban J connectivity index is 0.000000166. The fraction of sp³-hybridized carbons (Fsp3) is 0.358. The molecule has 344 valence electrons. The van der Waals surface area contributed by atoms with E-state index in [4.69, 9.17) is 42.0 Å². The molecule has 0 aliphatic carbocycles. The van der Waals surface area contributed by atoms with Crippen LogP contribution in [0.25, 0.3) is 56.3 Å². The molecule has 0 spiro atoms. The van der Waals surface area contributed by atoms with E-state index >= 15 is 0 Å². The first kappa shape index (κ1) is 44.5. The Bertz CT molecular complexity index is 3130. The number of phenols is 2. The van der Waals surface area contributed by atoms with Gasteiger partial charge in [-0.25, -0.2) is 0 Å². The fourth-order valence-corrected chi connectivity index (χ4v) is 8.67. The van der Waals surface area contributed by atoms with Crippen molar-refractivity contribution in [3.63, 3.8) is 0 Å². The average molecular weight is 899 g/mol. The van der Waals surface area contributed by atoms with Crippen molar-refractivity contribution in [1.29, 1.82) is 0 Å². The Hall–Kier alpha value is -6.70. The highest BCUT2D eigenvalue weighted by atomic mass is 16.6. The number of ether oxygens (including phenoxy) is 7. The molecular formula is C53H54O13. The third-order valence-corrected chi connectivity index (χ3v) is 12.8. The van der Waals surface area contributed by atoms with Gasteiger partial charge in [0.2, 0.25) is 10.9 Å². The number of rotatable bonds is 9. The summed E-state index contributed by atoms with van der Waals surface area (Å²) in [5.74, 6) is 2.53. The molecule has 6 heterocycles. The van der Waals surface area contributed by atoms with Gasteiger partial charge in [-0.15, -0.1) is 0 Å². The second-order valence-corrected chi connectivity index (χ2v) is 19.2. The van der Waals surface area contributed by atoms with Crippen LogP contribution in [0.15, 0.2) is 85.6 Å². The lowest BCUT2D eigenvalue weighted by molar-refractivity contribution is 0.156. The van der Waals surface area contributed by atoms with Crippen molar-refractivity contribution in [3.8, 4) is 62.5 Å². The molecule has 0 radical (unpaired) electrons. The Labute approximate surface area is 381 Å². The van der Waals surface area contributed by atoms with Gasteiger partial charge < -0.3 is 52.2 Å². The maximum atomic E-state index is 13.7. The van der Waals surface area contributed by atoms with Crippen molar-refractivity contribution in [3.05, 3.63) is 110 Å². The summed E-state index contributed by atoms with van der Waals surface area (Å²) in [5, 5.41) is 23.0. The topological polar surface area (TPSA) is 172 Å². The molecule has 2 fully saturated rings. The molecule has 13 heteroatoms. The summed E-state index contributed by atoms with van der Waals surface area (Å²) >= 11 is 0. The van der Waals surface area contributed by atoms with Crippen LogP contribution in [0, 0.1) is 0 Å². The Morgan fingerprint density at radius 1 is 0.576 bits per heavy atom. The van der Waals surface area contributed by atoms with E-state index in [-0.39, 0.29) is 62.1 Å². The van der Waals surface area contributed by atoms with Crippen LogP contribution in [0.5, 0.6) is 40.2 Å². The predicted molar refractivity (Wildman–Crippen MR) is 252 cm³/mol. The summed E-state index contributed by atoms with van der Waals surface area (Å²) in [6, 6.07) is 12.3. The number of epoxide rings is 2. The van der Waals surface area contributed by atoms with E-state index < -0.39 is 11.2 Å². The van der Waals surface area contributed by atoms with Crippen LogP contribution in [0.3, 0.4) is 0 Å². The zero-order valence-corrected chi connectivity index (χ0v) is 39.0. The standard InChI is InChI=1S/C27H28O7.C26H26O6/c1-26(2)10-9-15-24(34-26)16(12-20-27(3,4)33-20)22(28)21-23(29)17(13-32-25(15)21)14-7-8-18(30-5)19(11-14)31-6;1-25(2)11-10-16-23(32-25)17(12-19-26(3,4)31-19)21(27)20-22(28)18(13-30-24(16)20)14-6-8-15(29-5)9-7-14/h7-11,13,20,28H,12H2,1-6H3;6-11,13,19,27H,12H2,1-5H3. The molecule has 2 atom stereocenters. The van der Waals surface area contributed by atoms with E-state index in [0.717, 1.165) is 0 Å². The van der Waals surface area contributed by atoms with Crippen molar-refractivity contribution in [1.82, 2.24) is 0 Å². The van der Waals surface area contributed by atoms with Gasteiger partial charge >= 0.3 is 0 Å². The molecule has 2 aromatic heterocycles. The van der Waals surface area contributed by atoms with Gasteiger partial charge in [-0.1, -0.05) is 18.2 Å². The van der Waals surface area contributed by atoms with Crippen LogP contribution in [0.2, 0.25) is 0 Å². The van der Waals surface area contributed by atoms with Gasteiger partial charge in [-0.3, -0.25) is 9.59 Å². The summed E-state index contributed by atoms with van der Waals surface area (Å²) in [6.07, 6.45) is 11.2. The first-order valence-corrected chi connectivity index (χ1v) is 21.8. The number of hydrogen-bond acceptors (Lipinski definition) is 13. The van der Waals surface area contributed by atoms with Crippen LogP contribution in [-0.4, -0.2) is 66.2 Å². The molecule has 10 rings (SSSR count). The van der Waals surface area contributed by atoms with Gasteiger partial charge in [-0.05, 0) is 115 Å². The highest BCUT2D eigenvalue weighted by Crippen LogP contribution is 2.50. The van der Waals surface area contributed by atoms with Gasteiger partial charge in [0.05, 0.1) is 67.0 Å². The van der Waals surface area contributed by atoms with Crippen molar-refractivity contribution in [2.45, 2.75) is 103 Å². The van der Waals surface area contributed by atoms with Gasteiger partial charge in [0, 0.05) is 24.0 Å². The van der Waals surface area contributed by atoms with Crippen LogP contribution in [0.4, 0.5) is 0 Å². The number of methoxy groups -OCH3 is 3. The predicted octanol–water partition coefficient (Wildman–Crippen LogP) is 10.2. The molecule has 0 amide bonds. The summed E-state index contributed by atoms with van der Waals surface area (Å²) in [7, 11) is 4.67. The zero-order valence-electron chi connectivity index (χ0n) is 39.0. The second kappa shape index (κ2) is 15.7. The van der Waals surface area contributed by atoms with Crippen molar-refractivity contribution in [2.75, 3.05) is 21.3 Å². The minimum atomic E-state index is -0.568. The molecule has 0 saturated carbocycles. The first-order chi connectivity index (χ1) is 31.2. The molecule has 4 aromatic carbocycles. The van der Waals surface area contributed by atoms with E-state index in [2.05, 4.69) is 0 Å². The highest BCUT2D eigenvalue weighted by Gasteiger charge is 2.50. The highest BCUT2D eigenvalue weighted by molar-refractivity contribution is 5.98. The van der Waals surface area contributed by atoms with Crippen molar-refractivity contribution >= 4 is 34.1 Å². The molecule has 2 N–H and O–H groups in total. The smallest absolute Gasteiger partial charge is 0.204 e. The van der Waals surface area contributed by atoms with Gasteiger partial charge in [-0.2, -0.15) is 0 Å². The van der Waals surface area contributed by atoms with Crippen LogP contribution >= 0.6 is 0 Å². The zero-order chi connectivity index (χ0) is 47.2. The minimum absolute atomic E-state index is 0.0654. The Morgan fingerprint density at radius 2 is 1.00 bits per heavy atom. The average Bonchev–Trinajstić information content (AvgIpc) is 4.11. The van der Waals surface area contributed by atoms with Crippen molar-refractivity contribution in [2.24, 2.45) is 0 Å². The van der Waals surface area contributed by atoms with E-state index in [1.807, 2.05) is 79.7 Å². The lowest BCUT2D eigenvalue weighted by atomic mass is 9.92. The fourth-order valence-electron chi connectivity index (χ4n) is 8.67. The third kappa shape index (κ3) is 7.83. The molecule has 2 unspecified atom stereocenters. The summed E-state index contributed by atoms with van der Waals surface area (Å²) < 4.78 is 51.8. The van der Waals surface area contributed by atoms with Crippen LogP contribution in [0.1, 0.15) is 77.6 Å². The molecular weight excluding hydrogens is 845 g/mol. The summed E-state index contributed by atoms with van der Waals surface area (Å²) in [4.78, 5) is 27.3. The van der Waals surface area contributed by atoms with Gasteiger partial charge in [0.1, 0.15) is 63.2 Å². The second-order valence-electron chi connectivity index (χ2n) is 19.2. The summed E-state index contributed by atoms with van der Waals surface area (Å²) in [5.41, 5.74) is 2.62. The van der Waals surface area contributed by atoms with Gasteiger partial charge in [0.15, 0.2) is 22.7 Å². The summed E-state index contributed by atoms with van der Waals surface area (Å²) in [6.45, 7) is 15.8. The molecule has 4 aliphatic heterocycles. The van der Waals surface area contributed by atoms with Crippen LogP contribution in [-0.2, 0) is 22.3 Å².